The molecule has 2 heterocycles. The number of nitrogens with zero attached hydrogens (tertiary/aromatic N) is 2. The first-order valence-corrected chi connectivity index (χ1v) is 6.01. The van der Waals surface area contributed by atoms with Gasteiger partial charge < -0.3 is 9.64 Å². The van der Waals surface area contributed by atoms with Crippen molar-refractivity contribution in [3.8, 4) is 5.75 Å². The maximum atomic E-state index is 5.44. The number of anilines is 1. The number of methoxy groups -OCH3 is 1. The maximum Gasteiger partial charge on any atom is 0.132 e. The summed E-state index contributed by atoms with van der Waals surface area (Å²) in [6.07, 6.45) is 4.50. The lowest BCUT2D eigenvalue weighted by Crippen LogP contribution is -2.19. The molecule has 0 unspecified atom stereocenters. The third kappa shape index (κ3) is 2.13. The number of rotatable bonds is 3. The van der Waals surface area contributed by atoms with E-state index in [2.05, 4.69) is 29.8 Å². The minimum Gasteiger partial charge on any atom is -0.496 e. The smallest absolute Gasteiger partial charge is 0.132 e. The van der Waals surface area contributed by atoms with Gasteiger partial charge in [0.2, 0.25) is 0 Å². The summed E-state index contributed by atoms with van der Waals surface area (Å²) in [6.45, 7) is 6.57. The molecule has 0 atom stereocenters. The van der Waals surface area contributed by atoms with E-state index in [9.17, 15) is 0 Å². The fourth-order valence-electron chi connectivity index (χ4n) is 2.17. The zero-order valence-electron chi connectivity index (χ0n) is 10.4. The Morgan fingerprint density at radius 2 is 2.00 bits per heavy atom. The summed E-state index contributed by atoms with van der Waals surface area (Å²) in [5.41, 5.74) is 1.19. The van der Waals surface area contributed by atoms with Crippen molar-refractivity contribution >= 4 is 5.82 Å². The van der Waals surface area contributed by atoms with E-state index in [1.54, 1.807) is 7.11 Å². The maximum absolute atomic E-state index is 5.44. The quantitative estimate of drug-likeness (QED) is 0.783. The van der Waals surface area contributed by atoms with Crippen LogP contribution in [-0.2, 0) is 0 Å². The fourth-order valence-corrected chi connectivity index (χ4v) is 2.17. The van der Waals surface area contributed by atoms with Crippen molar-refractivity contribution in [3.05, 3.63) is 17.8 Å². The summed E-state index contributed by atoms with van der Waals surface area (Å²) in [6, 6.07) is 2.07. The molecule has 88 valence electrons. The number of pyridine rings is 1. The molecule has 1 fully saturated rings. The second-order valence-corrected chi connectivity index (χ2v) is 4.63. The van der Waals surface area contributed by atoms with Crippen molar-refractivity contribution in [3.63, 3.8) is 0 Å². The van der Waals surface area contributed by atoms with Crippen LogP contribution < -0.4 is 9.64 Å². The van der Waals surface area contributed by atoms with Gasteiger partial charge in [0.25, 0.3) is 0 Å². The van der Waals surface area contributed by atoms with Crippen LogP contribution in [0.25, 0.3) is 0 Å². The summed E-state index contributed by atoms with van der Waals surface area (Å²) < 4.78 is 5.44. The topological polar surface area (TPSA) is 25.4 Å². The average molecular weight is 220 g/mol. The molecular weight excluding hydrogens is 200 g/mol. The minimum atomic E-state index is 0.454. The van der Waals surface area contributed by atoms with E-state index < -0.39 is 0 Å². The van der Waals surface area contributed by atoms with Crippen molar-refractivity contribution in [2.75, 3.05) is 25.1 Å². The van der Waals surface area contributed by atoms with Crippen LogP contribution in [0.3, 0.4) is 0 Å². The molecule has 0 amide bonds. The standard InChI is InChI=1S/C13H20N2O/c1-10(2)11-9-14-13(8-12(11)16-3)15-6-4-5-7-15/h8-10H,4-7H2,1-3H3. The molecule has 16 heavy (non-hydrogen) atoms. The summed E-state index contributed by atoms with van der Waals surface area (Å²) in [7, 11) is 1.73. The summed E-state index contributed by atoms with van der Waals surface area (Å²) >= 11 is 0. The third-order valence-corrected chi connectivity index (χ3v) is 3.15. The first kappa shape index (κ1) is 11.2. The van der Waals surface area contributed by atoms with Crippen molar-refractivity contribution in [1.82, 2.24) is 4.98 Å². The molecule has 2 rings (SSSR count). The number of hydrogen-bond acceptors (Lipinski definition) is 3. The molecule has 0 N–H and O–H groups in total. The first-order valence-electron chi connectivity index (χ1n) is 6.01. The highest BCUT2D eigenvalue weighted by atomic mass is 16.5. The fraction of sp³-hybridized carbons (Fsp3) is 0.615. The van der Waals surface area contributed by atoms with Crippen LogP contribution in [0.5, 0.6) is 5.75 Å². The van der Waals surface area contributed by atoms with E-state index in [4.69, 9.17) is 4.74 Å². The predicted molar refractivity (Wildman–Crippen MR) is 66.3 cm³/mol. The van der Waals surface area contributed by atoms with Crippen LogP contribution in [0.15, 0.2) is 12.3 Å². The Bertz CT molecular complexity index is 357. The second-order valence-electron chi connectivity index (χ2n) is 4.63. The van der Waals surface area contributed by atoms with E-state index in [1.807, 2.05) is 6.20 Å². The van der Waals surface area contributed by atoms with Gasteiger partial charge in [-0.2, -0.15) is 0 Å². The van der Waals surface area contributed by atoms with Gasteiger partial charge in [0.05, 0.1) is 7.11 Å². The van der Waals surface area contributed by atoms with E-state index in [1.165, 1.54) is 18.4 Å². The molecule has 0 saturated carbocycles. The van der Waals surface area contributed by atoms with E-state index in [0.29, 0.717) is 5.92 Å². The molecule has 1 aliphatic heterocycles. The van der Waals surface area contributed by atoms with Crippen LogP contribution in [0, 0.1) is 0 Å². The largest absolute Gasteiger partial charge is 0.496 e. The lowest BCUT2D eigenvalue weighted by Gasteiger charge is -2.19. The van der Waals surface area contributed by atoms with Gasteiger partial charge in [0.1, 0.15) is 11.6 Å². The normalized spacial score (nSPS) is 15.9. The molecule has 1 aliphatic rings. The van der Waals surface area contributed by atoms with Gasteiger partial charge in [-0.25, -0.2) is 4.98 Å². The summed E-state index contributed by atoms with van der Waals surface area (Å²) in [4.78, 5) is 6.86. The van der Waals surface area contributed by atoms with E-state index in [-0.39, 0.29) is 0 Å². The van der Waals surface area contributed by atoms with Crippen molar-refractivity contribution in [2.45, 2.75) is 32.6 Å². The Labute approximate surface area is 97.4 Å². The van der Waals surface area contributed by atoms with Gasteiger partial charge in [0, 0.05) is 30.9 Å². The zero-order chi connectivity index (χ0) is 11.5. The van der Waals surface area contributed by atoms with Crippen molar-refractivity contribution in [2.24, 2.45) is 0 Å². The second kappa shape index (κ2) is 4.73. The summed E-state index contributed by atoms with van der Waals surface area (Å²) in [5, 5.41) is 0. The van der Waals surface area contributed by atoms with Crippen LogP contribution in [0.4, 0.5) is 5.82 Å². The lowest BCUT2D eigenvalue weighted by molar-refractivity contribution is 0.407. The lowest BCUT2D eigenvalue weighted by atomic mass is 10.0. The van der Waals surface area contributed by atoms with Gasteiger partial charge in [-0.05, 0) is 18.8 Å². The first-order chi connectivity index (χ1) is 7.72. The molecule has 0 spiro atoms. The van der Waals surface area contributed by atoms with Gasteiger partial charge in [-0.3, -0.25) is 0 Å². The van der Waals surface area contributed by atoms with Crippen LogP contribution in [-0.4, -0.2) is 25.2 Å². The zero-order valence-corrected chi connectivity index (χ0v) is 10.4. The Kier molecular flexibility index (Phi) is 3.32. The van der Waals surface area contributed by atoms with Gasteiger partial charge in [0.15, 0.2) is 0 Å². The molecule has 3 nitrogen and oxygen atoms in total. The van der Waals surface area contributed by atoms with E-state index in [0.717, 1.165) is 24.7 Å². The number of ether oxygens (including phenoxy) is 1. The van der Waals surface area contributed by atoms with Crippen molar-refractivity contribution < 1.29 is 4.74 Å². The van der Waals surface area contributed by atoms with E-state index >= 15 is 0 Å². The Morgan fingerprint density at radius 3 is 2.56 bits per heavy atom. The minimum absolute atomic E-state index is 0.454. The predicted octanol–water partition coefficient (Wildman–Crippen LogP) is 2.81. The molecule has 1 aromatic heterocycles. The molecular formula is C13H20N2O. The van der Waals surface area contributed by atoms with Crippen LogP contribution in [0.2, 0.25) is 0 Å². The number of hydrogen-bond donors (Lipinski definition) is 0. The number of aromatic nitrogens is 1. The summed E-state index contributed by atoms with van der Waals surface area (Å²) in [5.74, 6) is 2.47. The van der Waals surface area contributed by atoms with Crippen LogP contribution in [0.1, 0.15) is 38.2 Å². The molecule has 0 aliphatic carbocycles. The molecule has 3 heteroatoms. The Hall–Kier alpha value is -1.25. The highest BCUT2D eigenvalue weighted by Crippen LogP contribution is 2.29. The third-order valence-electron chi connectivity index (χ3n) is 3.15. The average Bonchev–Trinajstić information content (AvgIpc) is 2.81. The molecule has 0 radical (unpaired) electrons. The van der Waals surface area contributed by atoms with Gasteiger partial charge in [-0.15, -0.1) is 0 Å². The Balaban J connectivity index is 2.28. The molecule has 0 aromatic carbocycles. The molecule has 0 bridgehead atoms. The van der Waals surface area contributed by atoms with Gasteiger partial charge >= 0.3 is 0 Å². The van der Waals surface area contributed by atoms with Gasteiger partial charge in [-0.1, -0.05) is 13.8 Å². The van der Waals surface area contributed by atoms with Crippen LogP contribution >= 0.6 is 0 Å². The van der Waals surface area contributed by atoms with Crippen molar-refractivity contribution in [1.29, 1.82) is 0 Å². The molecule has 1 aromatic rings. The highest BCUT2D eigenvalue weighted by molar-refractivity contribution is 5.48. The Morgan fingerprint density at radius 1 is 1.31 bits per heavy atom. The highest BCUT2D eigenvalue weighted by Gasteiger charge is 2.16. The molecule has 1 saturated heterocycles. The monoisotopic (exact) mass is 220 g/mol. The SMILES string of the molecule is COc1cc(N2CCCC2)ncc1C(C)C.